The molecule has 0 spiro atoms. The average Bonchev–Trinajstić information content (AvgIpc) is 2.87. The Kier molecular flexibility index (Phi) is 7.25. The van der Waals surface area contributed by atoms with Crippen molar-refractivity contribution in [3.8, 4) is 5.75 Å². The van der Waals surface area contributed by atoms with Crippen LogP contribution in [0.15, 0.2) is 60.9 Å². The van der Waals surface area contributed by atoms with Gasteiger partial charge in [0.2, 0.25) is 0 Å². The number of nitrogens with one attached hydrogen (secondary N) is 1. The molecule has 2 aromatic carbocycles. The summed E-state index contributed by atoms with van der Waals surface area (Å²) in [7, 11) is 0. The van der Waals surface area contributed by atoms with E-state index >= 15 is 0 Å². The third-order valence-electron chi connectivity index (χ3n) is 5.28. The first-order valence-electron chi connectivity index (χ1n) is 10.7. The third-order valence-corrected chi connectivity index (χ3v) is 5.28. The smallest absolute Gasteiger partial charge is 0.417 e. The number of morpholine rings is 1. The number of aromatic nitrogens is 2. The molecule has 1 aliphatic rings. The molecule has 0 aliphatic carbocycles. The van der Waals surface area contributed by atoms with Crippen molar-refractivity contribution in [1.82, 2.24) is 15.1 Å². The van der Waals surface area contributed by atoms with Crippen LogP contribution in [0.3, 0.4) is 0 Å². The van der Waals surface area contributed by atoms with Crippen LogP contribution < -0.4 is 10.1 Å². The molecule has 0 unspecified atom stereocenters. The lowest BCUT2D eigenvalue weighted by Crippen LogP contribution is -2.41. The van der Waals surface area contributed by atoms with Crippen LogP contribution >= 0.6 is 0 Å². The number of anilines is 1. The molecule has 1 aliphatic heterocycles. The van der Waals surface area contributed by atoms with Crippen LogP contribution in [0.2, 0.25) is 0 Å². The Morgan fingerprint density at radius 3 is 2.43 bits per heavy atom. The summed E-state index contributed by atoms with van der Waals surface area (Å²) in [5.41, 5.74) is -1.22. The lowest BCUT2D eigenvalue weighted by atomic mass is 10.00. The minimum Gasteiger partial charge on any atom is -0.488 e. The SMILES string of the molecule is O=C(Nc1ccnnc1)c1cc(C(F)(F)F)c(C(=O)N2CCOCC2)cc1OCc1ccccc1. The van der Waals surface area contributed by atoms with Gasteiger partial charge < -0.3 is 19.7 Å². The zero-order valence-electron chi connectivity index (χ0n) is 18.4. The molecule has 2 heterocycles. The number of halogens is 3. The summed E-state index contributed by atoms with van der Waals surface area (Å²) in [5, 5.41) is 9.73. The van der Waals surface area contributed by atoms with E-state index in [1.807, 2.05) is 6.07 Å². The Morgan fingerprint density at radius 1 is 1.03 bits per heavy atom. The summed E-state index contributed by atoms with van der Waals surface area (Å²) in [6.45, 7) is 0.755. The molecule has 4 rings (SSSR count). The minimum absolute atomic E-state index is 0.0194. The Morgan fingerprint density at radius 2 is 1.77 bits per heavy atom. The number of nitrogens with zero attached hydrogens (tertiary/aromatic N) is 3. The monoisotopic (exact) mass is 486 g/mol. The molecule has 1 fully saturated rings. The molecular weight excluding hydrogens is 465 g/mol. The Labute approximate surface area is 198 Å². The van der Waals surface area contributed by atoms with Gasteiger partial charge >= 0.3 is 6.18 Å². The molecule has 0 radical (unpaired) electrons. The fourth-order valence-electron chi connectivity index (χ4n) is 3.52. The third kappa shape index (κ3) is 5.93. The Hall–Kier alpha value is -3.99. The van der Waals surface area contributed by atoms with Crippen LogP contribution in [-0.2, 0) is 17.5 Å². The lowest BCUT2D eigenvalue weighted by molar-refractivity contribution is -0.138. The highest BCUT2D eigenvalue weighted by Gasteiger charge is 2.38. The largest absolute Gasteiger partial charge is 0.488 e. The summed E-state index contributed by atoms with van der Waals surface area (Å²) < 4.78 is 53.1. The lowest BCUT2D eigenvalue weighted by Gasteiger charge is -2.28. The molecular formula is C24H21F3N4O4. The van der Waals surface area contributed by atoms with Crippen molar-refractivity contribution in [3.05, 3.63) is 83.2 Å². The Balaban J connectivity index is 1.76. The van der Waals surface area contributed by atoms with Gasteiger partial charge in [0.25, 0.3) is 11.8 Å². The number of carbonyl (C=O) groups is 2. The second kappa shape index (κ2) is 10.5. The van der Waals surface area contributed by atoms with Gasteiger partial charge in [0.15, 0.2) is 0 Å². The number of rotatable bonds is 6. The summed E-state index contributed by atoms with van der Waals surface area (Å²) in [6.07, 6.45) is -2.31. The van der Waals surface area contributed by atoms with Crippen molar-refractivity contribution in [2.24, 2.45) is 0 Å². The maximum Gasteiger partial charge on any atom is 0.417 e. The quantitative estimate of drug-likeness (QED) is 0.570. The van der Waals surface area contributed by atoms with Crippen LogP contribution in [0, 0.1) is 0 Å². The predicted octanol–water partition coefficient (Wildman–Crippen LogP) is 3.80. The molecule has 8 nitrogen and oxygen atoms in total. The van der Waals surface area contributed by atoms with E-state index in [9.17, 15) is 22.8 Å². The van der Waals surface area contributed by atoms with Crippen molar-refractivity contribution in [3.63, 3.8) is 0 Å². The van der Waals surface area contributed by atoms with Crippen LogP contribution in [0.25, 0.3) is 0 Å². The molecule has 3 aromatic rings. The number of alkyl halides is 3. The summed E-state index contributed by atoms with van der Waals surface area (Å²) in [5.74, 6) is -1.81. The highest BCUT2D eigenvalue weighted by molar-refractivity contribution is 6.07. The molecule has 0 atom stereocenters. The number of hydrogen-bond acceptors (Lipinski definition) is 6. The van der Waals surface area contributed by atoms with Gasteiger partial charge in [-0.15, -0.1) is 0 Å². The van der Waals surface area contributed by atoms with Gasteiger partial charge in [0.05, 0.1) is 48.0 Å². The van der Waals surface area contributed by atoms with Crippen LogP contribution in [0.4, 0.5) is 18.9 Å². The van der Waals surface area contributed by atoms with Gasteiger partial charge in [0, 0.05) is 13.1 Å². The van der Waals surface area contributed by atoms with E-state index < -0.39 is 29.1 Å². The van der Waals surface area contributed by atoms with Crippen molar-refractivity contribution in [1.29, 1.82) is 0 Å². The number of ether oxygens (including phenoxy) is 2. The average molecular weight is 486 g/mol. The van der Waals surface area contributed by atoms with Gasteiger partial charge in [-0.2, -0.15) is 23.4 Å². The van der Waals surface area contributed by atoms with Crippen molar-refractivity contribution < 1.29 is 32.2 Å². The number of carbonyl (C=O) groups excluding carboxylic acids is 2. The van der Waals surface area contributed by atoms with Crippen molar-refractivity contribution in [2.75, 3.05) is 31.6 Å². The summed E-state index contributed by atoms with van der Waals surface area (Å²) in [4.78, 5) is 27.3. The highest BCUT2D eigenvalue weighted by atomic mass is 19.4. The Bertz CT molecular complexity index is 1180. The maximum atomic E-state index is 14.0. The number of hydrogen-bond donors (Lipinski definition) is 1. The molecule has 1 aromatic heterocycles. The topological polar surface area (TPSA) is 93.7 Å². The second-order valence-corrected chi connectivity index (χ2v) is 7.66. The first kappa shape index (κ1) is 24.1. The zero-order chi connectivity index (χ0) is 24.8. The zero-order valence-corrected chi connectivity index (χ0v) is 18.4. The second-order valence-electron chi connectivity index (χ2n) is 7.66. The fraction of sp³-hybridized carbons (Fsp3) is 0.250. The summed E-state index contributed by atoms with van der Waals surface area (Å²) in [6, 6.07) is 12.0. The van der Waals surface area contributed by atoms with Crippen molar-refractivity contribution in [2.45, 2.75) is 12.8 Å². The molecule has 11 heteroatoms. The number of amides is 2. The summed E-state index contributed by atoms with van der Waals surface area (Å²) >= 11 is 0. The van der Waals surface area contributed by atoms with E-state index in [0.717, 1.165) is 11.6 Å². The standard InChI is InChI=1S/C24H21F3N4O4/c25-24(26,27)20-12-19(22(32)30-17-6-7-28-29-14-17)21(35-15-16-4-2-1-3-5-16)13-18(20)23(33)31-8-10-34-11-9-31/h1-7,12-14H,8-11,15H2,(H,28,30,32). The van der Waals surface area contributed by atoms with Gasteiger partial charge in [-0.25, -0.2) is 0 Å². The van der Waals surface area contributed by atoms with E-state index in [-0.39, 0.29) is 49.9 Å². The fourth-order valence-corrected chi connectivity index (χ4v) is 3.52. The minimum atomic E-state index is -4.89. The molecule has 182 valence electrons. The van der Waals surface area contributed by atoms with Gasteiger partial charge in [-0.1, -0.05) is 30.3 Å². The number of benzene rings is 2. The van der Waals surface area contributed by atoms with E-state index in [2.05, 4.69) is 15.5 Å². The molecule has 35 heavy (non-hydrogen) atoms. The molecule has 0 bridgehead atoms. The van der Waals surface area contributed by atoms with Crippen LogP contribution in [-0.4, -0.2) is 53.2 Å². The maximum absolute atomic E-state index is 14.0. The van der Waals surface area contributed by atoms with Crippen LogP contribution in [0.1, 0.15) is 31.8 Å². The van der Waals surface area contributed by atoms with E-state index in [1.165, 1.54) is 23.4 Å². The molecule has 1 N–H and O–H groups in total. The highest BCUT2D eigenvalue weighted by Crippen LogP contribution is 2.37. The van der Waals surface area contributed by atoms with Gasteiger partial charge in [-0.3, -0.25) is 9.59 Å². The van der Waals surface area contributed by atoms with Crippen molar-refractivity contribution >= 4 is 17.5 Å². The van der Waals surface area contributed by atoms with Gasteiger partial charge in [-0.05, 0) is 23.8 Å². The van der Waals surface area contributed by atoms with Crippen LogP contribution in [0.5, 0.6) is 5.75 Å². The van der Waals surface area contributed by atoms with E-state index in [1.54, 1.807) is 24.3 Å². The van der Waals surface area contributed by atoms with E-state index in [0.29, 0.717) is 6.07 Å². The molecule has 2 amide bonds. The first-order valence-corrected chi connectivity index (χ1v) is 10.7. The van der Waals surface area contributed by atoms with E-state index in [4.69, 9.17) is 9.47 Å². The van der Waals surface area contributed by atoms with Gasteiger partial charge in [0.1, 0.15) is 12.4 Å². The molecule has 0 saturated carbocycles. The predicted molar refractivity (Wildman–Crippen MR) is 119 cm³/mol. The first-order chi connectivity index (χ1) is 16.8. The normalized spacial score (nSPS) is 13.9. The molecule has 1 saturated heterocycles.